The minimum absolute atomic E-state index is 0.0727. The van der Waals surface area contributed by atoms with Gasteiger partial charge < -0.3 is 29.7 Å². The molecule has 10 nitrogen and oxygen atoms in total. The van der Waals surface area contributed by atoms with Gasteiger partial charge in [0.05, 0.1) is 7.11 Å². The molecule has 0 aliphatic rings. The number of carbonyl (C=O) groups is 4. The fraction of sp³-hybridized carbons (Fsp3) is 0.378. The van der Waals surface area contributed by atoms with Crippen LogP contribution < -0.4 is 10.6 Å². The van der Waals surface area contributed by atoms with Gasteiger partial charge >= 0.3 is 18.2 Å². The smallest absolute Gasteiger partial charge is 0.408 e. The molecule has 2 atom stereocenters. The number of carbonyl (C=O) groups excluding carboxylic acids is 4. The van der Waals surface area contributed by atoms with Crippen LogP contribution >= 0.6 is 0 Å². The quantitative estimate of drug-likeness (QED) is 0.0708. The van der Waals surface area contributed by atoms with Gasteiger partial charge in [-0.1, -0.05) is 109 Å². The standard InChI is InChI=1S/C45H55N3O7/c1-44(2,3)54-42(51)46-29-15-14-20-39(41(50)53-7)48(31-33-23-27-37(28-24-33)35-18-12-9-13-19-35)40(49)38(47-43(52)55-45(4,5)6)30-32-21-25-36(26-22-32)34-16-10-8-11-17-34/h8-13,16-19,21-28,38-39H,14-15,20,29-31H2,1-7H3,(H,46,51)(H,47,52)/t38-,39-/m0/s1. The minimum Gasteiger partial charge on any atom is -0.467 e. The number of unbranched alkanes of at least 4 members (excludes halogenated alkanes) is 1. The van der Waals surface area contributed by atoms with Gasteiger partial charge in [-0.05, 0) is 94.2 Å². The van der Waals surface area contributed by atoms with Crippen LogP contribution in [0.4, 0.5) is 9.59 Å². The van der Waals surface area contributed by atoms with E-state index in [1.165, 1.54) is 12.0 Å². The van der Waals surface area contributed by atoms with Gasteiger partial charge in [-0.15, -0.1) is 0 Å². The molecule has 0 saturated carbocycles. The summed E-state index contributed by atoms with van der Waals surface area (Å²) in [7, 11) is 1.29. The Morgan fingerprint density at radius 3 is 1.58 bits per heavy atom. The lowest BCUT2D eigenvalue weighted by molar-refractivity contribution is -0.154. The van der Waals surface area contributed by atoms with Crippen molar-refractivity contribution in [2.45, 2.75) is 97.1 Å². The number of methoxy groups -OCH3 is 1. The second-order valence-corrected chi connectivity index (χ2v) is 15.5. The van der Waals surface area contributed by atoms with Crippen molar-refractivity contribution in [1.29, 1.82) is 0 Å². The molecule has 0 aromatic heterocycles. The normalized spacial score (nSPS) is 12.5. The molecule has 0 heterocycles. The Kier molecular flexibility index (Phi) is 15.0. The first kappa shape index (κ1) is 42.1. The van der Waals surface area contributed by atoms with Crippen molar-refractivity contribution >= 4 is 24.1 Å². The summed E-state index contributed by atoms with van der Waals surface area (Å²) in [5.74, 6) is -1.05. The molecule has 55 heavy (non-hydrogen) atoms. The predicted molar refractivity (Wildman–Crippen MR) is 215 cm³/mol. The number of alkyl carbamates (subject to hydrolysis) is 2. The third-order valence-electron chi connectivity index (χ3n) is 8.61. The summed E-state index contributed by atoms with van der Waals surface area (Å²) in [5, 5.41) is 5.57. The zero-order valence-electron chi connectivity index (χ0n) is 33.1. The van der Waals surface area contributed by atoms with Gasteiger partial charge in [0.25, 0.3) is 0 Å². The summed E-state index contributed by atoms with van der Waals surface area (Å²) in [6.07, 6.45) is 0.124. The molecule has 3 amide bonds. The highest BCUT2D eigenvalue weighted by atomic mass is 16.6. The lowest BCUT2D eigenvalue weighted by atomic mass is 9.98. The Bertz CT molecular complexity index is 1830. The molecule has 2 N–H and O–H groups in total. The molecular weight excluding hydrogens is 695 g/mol. The van der Waals surface area contributed by atoms with E-state index in [1.807, 2.05) is 109 Å². The molecule has 0 bridgehead atoms. The number of hydrogen-bond donors (Lipinski definition) is 2. The average molecular weight is 750 g/mol. The second-order valence-electron chi connectivity index (χ2n) is 15.5. The van der Waals surface area contributed by atoms with E-state index in [2.05, 4.69) is 10.6 Å². The van der Waals surface area contributed by atoms with E-state index in [0.717, 1.165) is 33.4 Å². The Hall–Kier alpha value is -5.64. The van der Waals surface area contributed by atoms with Crippen LogP contribution in [-0.4, -0.2) is 65.9 Å². The van der Waals surface area contributed by atoms with Crippen molar-refractivity contribution in [3.8, 4) is 22.3 Å². The molecule has 4 rings (SSSR count). The van der Waals surface area contributed by atoms with Crippen LogP contribution in [0.1, 0.15) is 71.9 Å². The number of benzene rings is 4. The van der Waals surface area contributed by atoms with Gasteiger partial charge in [0.15, 0.2) is 0 Å². The molecule has 0 unspecified atom stereocenters. The maximum Gasteiger partial charge on any atom is 0.408 e. The molecule has 0 spiro atoms. The number of hydrogen-bond acceptors (Lipinski definition) is 7. The zero-order valence-corrected chi connectivity index (χ0v) is 33.1. The third-order valence-corrected chi connectivity index (χ3v) is 8.61. The zero-order chi connectivity index (χ0) is 40.0. The lowest BCUT2D eigenvalue weighted by Crippen LogP contribution is -2.55. The Balaban J connectivity index is 1.64. The molecular formula is C45H55N3O7. The summed E-state index contributed by atoms with van der Waals surface area (Å²) in [5.41, 5.74) is 4.29. The molecule has 292 valence electrons. The van der Waals surface area contributed by atoms with E-state index >= 15 is 0 Å². The summed E-state index contributed by atoms with van der Waals surface area (Å²) >= 11 is 0. The maximum atomic E-state index is 14.9. The van der Waals surface area contributed by atoms with Crippen molar-refractivity contribution in [3.05, 3.63) is 120 Å². The largest absolute Gasteiger partial charge is 0.467 e. The number of nitrogens with one attached hydrogen (secondary N) is 2. The van der Waals surface area contributed by atoms with E-state index in [0.29, 0.717) is 19.4 Å². The first-order valence-electron chi connectivity index (χ1n) is 18.8. The van der Waals surface area contributed by atoms with Gasteiger partial charge in [-0.25, -0.2) is 14.4 Å². The van der Waals surface area contributed by atoms with Gasteiger partial charge in [0.2, 0.25) is 5.91 Å². The first-order valence-corrected chi connectivity index (χ1v) is 18.8. The number of rotatable bonds is 15. The average Bonchev–Trinajstić information content (AvgIpc) is 3.14. The van der Waals surface area contributed by atoms with E-state index in [1.54, 1.807) is 41.5 Å². The first-order chi connectivity index (χ1) is 26.1. The molecule has 0 fully saturated rings. The van der Waals surface area contributed by atoms with E-state index < -0.39 is 47.3 Å². The van der Waals surface area contributed by atoms with Crippen LogP contribution in [0.3, 0.4) is 0 Å². The van der Waals surface area contributed by atoms with Crippen molar-refractivity contribution < 1.29 is 33.4 Å². The van der Waals surface area contributed by atoms with Gasteiger partial charge in [0, 0.05) is 19.5 Å². The molecule has 0 aliphatic carbocycles. The predicted octanol–water partition coefficient (Wildman–Crippen LogP) is 8.72. The van der Waals surface area contributed by atoms with E-state index in [-0.39, 0.29) is 19.4 Å². The number of ether oxygens (including phenoxy) is 3. The van der Waals surface area contributed by atoms with Crippen LogP contribution in [0.25, 0.3) is 22.3 Å². The Morgan fingerprint density at radius 2 is 1.09 bits per heavy atom. The highest BCUT2D eigenvalue weighted by Gasteiger charge is 2.36. The maximum absolute atomic E-state index is 14.9. The van der Waals surface area contributed by atoms with Gasteiger partial charge in [-0.2, -0.15) is 0 Å². The van der Waals surface area contributed by atoms with E-state index in [9.17, 15) is 19.2 Å². The molecule has 0 saturated heterocycles. The van der Waals surface area contributed by atoms with Crippen molar-refractivity contribution in [1.82, 2.24) is 15.5 Å². The highest BCUT2D eigenvalue weighted by Crippen LogP contribution is 2.24. The van der Waals surface area contributed by atoms with Crippen molar-refractivity contribution in [3.63, 3.8) is 0 Å². The topological polar surface area (TPSA) is 123 Å². The fourth-order valence-corrected chi connectivity index (χ4v) is 6.03. The summed E-state index contributed by atoms with van der Waals surface area (Å²) in [6, 6.07) is 33.5. The minimum atomic E-state index is -1.08. The highest BCUT2D eigenvalue weighted by molar-refractivity contribution is 5.90. The number of amides is 3. The van der Waals surface area contributed by atoms with Gasteiger partial charge in [-0.3, -0.25) is 4.79 Å². The van der Waals surface area contributed by atoms with Crippen LogP contribution in [0.15, 0.2) is 109 Å². The van der Waals surface area contributed by atoms with Crippen molar-refractivity contribution in [2.24, 2.45) is 0 Å². The van der Waals surface area contributed by atoms with Gasteiger partial charge in [0.1, 0.15) is 23.3 Å². The lowest BCUT2D eigenvalue weighted by Gasteiger charge is -2.34. The molecule has 4 aromatic carbocycles. The van der Waals surface area contributed by atoms with Crippen LogP contribution in [0, 0.1) is 0 Å². The second kappa shape index (κ2) is 19.6. The summed E-state index contributed by atoms with van der Waals surface area (Å²) in [6.45, 7) is 11.0. The van der Waals surface area contributed by atoms with Crippen LogP contribution in [-0.2, 0) is 36.8 Å². The molecule has 4 aromatic rings. The Morgan fingerprint density at radius 1 is 0.618 bits per heavy atom. The summed E-state index contributed by atoms with van der Waals surface area (Å²) in [4.78, 5) is 55.4. The van der Waals surface area contributed by atoms with Crippen LogP contribution in [0.5, 0.6) is 0 Å². The third kappa shape index (κ3) is 13.9. The van der Waals surface area contributed by atoms with E-state index in [4.69, 9.17) is 14.2 Å². The number of esters is 1. The summed E-state index contributed by atoms with van der Waals surface area (Å²) < 4.78 is 16.2. The molecule has 0 aliphatic heterocycles. The fourth-order valence-electron chi connectivity index (χ4n) is 6.03. The number of nitrogens with zero attached hydrogens (tertiary/aromatic N) is 1. The SMILES string of the molecule is COC(=O)[C@H](CCCCNC(=O)OC(C)(C)C)N(Cc1ccc(-c2ccccc2)cc1)C(=O)[C@H](Cc1ccc(-c2ccccc2)cc1)NC(=O)OC(C)(C)C. The van der Waals surface area contributed by atoms with Crippen LogP contribution in [0.2, 0.25) is 0 Å². The van der Waals surface area contributed by atoms with Crippen molar-refractivity contribution in [2.75, 3.05) is 13.7 Å². The Labute approximate surface area is 325 Å². The molecule has 0 radical (unpaired) electrons. The molecule has 10 heteroatoms. The monoisotopic (exact) mass is 749 g/mol.